The number of rotatable bonds is 8. The molecule has 0 saturated carbocycles. The lowest BCUT2D eigenvalue weighted by Gasteiger charge is -2.36. The van der Waals surface area contributed by atoms with E-state index in [1.54, 1.807) is 23.0 Å². The van der Waals surface area contributed by atoms with E-state index in [-0.39, 0.29) is 30.4 Å². The van der Waals surface area contributed by atoms with E-state index in [0.717, 1.165) is 17.1 Å². The molecular weight excluding hydrogens is 502 g/mol. The van der Waals surface area contributed by atoms with Crippen LogP contribution in [0.4, 0.5) is 21.9 Å². The second kappa shape index (κ2) is 12.5. The zero-order valence-corrected chi connectivity index (χ0v) is 22.7. The predicted molar refractivity (Wildman–Crippen MR) is 151 cm³/mol. The van der Waals surface area contributed by atoms with Gasteiger partial charge in [0.2, 0.25) is 5.91 Å². The zero-order valence-electron chi connectivity index (χ0n) is 21.8. The number of hydrogen-bond acceptors (Lipinski definition) is 6. The van der Waals surface area contributed by atoms with Crippen LogP contribution in [0.15, 0.2) is 66.0 Å². The van der Waals surface area contributed by atoms with Gasteiger partial charge in [0, 0.05) is 49.3 Å². The minimum Gasteiger partial charge on any atom is -0.497 e. The van der Waals surface area contributed by atoms with Gasteiger partial charge < -0.3 is 30.1 Å². The standard InChI is InChI=1S/C28H33N5O4S/c1-20(2)33(27(35)25-5-4-18-38-25)19-26(34)29-21-6-10-23(11-7-21)31-14-16-32(17-15-31)28(36)30-22-8-12-24(37-3)13-9-22/h4-13,18,20H,14-17,19H2,1-3H3,(H,29,34)(H,30,36). The van der Waals surface area contributed by atoms with E-state index in [9.17, 15) is 14.4 Å². The highest BCUT2D eigenvalue weighted by Gasteiger charge is 2.23. The largest absolute Gasteiger partial charge is 0.497 e. The normalized spacial score (nSPS) is 13.3. The Labute approximate surface area is 227 Å². The highest BCUT2D eigenvalue weighted by Crippen LogP contribution is 2.21. The fourth-order valence-electron chi connectivity index (χ4n) is 4.19. The lowest BCUT2D eigenvalue weighted by Crippen LogP contribution is -2.50. The number of methoxy groups -OCH3 is 1. The number of benzene rings is 2. The van der Waals surface area contributed by atoms with Gasteiger partial charge in [0.15, 0.2) is 0 Å². The van der Waals surface area contributed by atoms with Crippen LogP contribution >= 0.6 is 11.3 Å². The van der Waals surface area contributed by atoms with Gasteiger partial charge in [0.25, 0.3) is 5.91 Å². The van der Waals surface area contributed by atoms with Crippen LogP contribution in [0.25, 0.3) is 0 Å². The van der Waals surface area contributed by atoms with Crippen LogP contribution in [0.5, 0.6) is 5.75 Å². The topological polar surface area (TPSA) is 94.2 Å². The van der Waals surface area contributed by atoms with E-state index in [1.165, 1.54) is 11.3 Å². The Kier molecular flexibility index (Phi) is 8.85. The number of piperazine rings is 1. The van der Waals surface area contributed by atoms with Crippen molar-refractivity contribution >= 4 is 46.2 Å². The summed E-state index contributed by atoms with van der Waals surface area (Å²) >= 11 is 1.37. The molecule has 0 aliphatic carbocycles. The number of thiophene rings is 1. The molecule has 2 aromatic carbocycles. The number of hydrogen-bond donors (Lipinski definition) is 2. The zero-order chi connectivity index (χ0) is 27.1. The molecule has 0 radical (unpaired) electrons. The van der Waals surface area contributed by atoms with E-state index < -0.39 is 0 Å². The lowest BCUT2D eigenvalue weighted by molar-refractivity contribution is -0.117. The number of amides is 4. The number of carbonyl (C=O) groups is 3. The van der Waals surface area contributed by atoms with E-state index in [0.29, 0.717) is 36.7 Å². The SMILES string of the molecule is COc1ccc(NC(=O)N2CCN(c3ccc(NC(=O)CN(C(=O)c4cccs4)C(C)C)cc3)CC2)cc1. The van der Waals surface area contributed by atoms with E-state index >= 15 is 0 Å². The molecular formula is C28H33N5O4S. The van der Waals surface area contributed by atoms with Crippen LogP contribution in [-0.4, -0.2) is 73.5 Å². The number of urea groups is 1. The Morgan fingerprint density at radius 3 is 2.13 bits per heavy atom. The first-order valence-electron chi connectivity index (χ1n) is 12.5. The first kappa shape index (κ1) is 27.0. The molecule has 0 atom stereocenters. The molecule has 1 aliphatic rings. The third-order valence-electron chi connectivity index (χ3n) is 6.35. The van der Waals surface area contributed by atoms with E-state index in [1.807, 2.05) is 73.8 Å². The van der Waals surface area contributed by atoms with Gasteiger partial charge in [-0.25, -0.2) is 4.79 Å². The van der Waals surface area contributed by atoms with Gasteiger partial charge in [-0.2, -0.15) is 0 Å². The van der Waals surface area contributed by atoms with Crippen LogP contribution in [0.1, 0.15) is 23.5 Å². The van der Waals surface area contributed by atoms with Gasteiger partial charge >= 0.3 is 6.03 Å². The van der Waals surface area contributed by atoms with Crippen molar-refractivity contribution in [2.45, 2.75) is 19.9 Å². The van der Waals surface area contributed by atoms with Crippen molar-refractivity contribution in [2.75, 3.05) is 55.4 Å². The molecule has 2 N–H and O–H groups in total. The summed E-state index contributed by atoms with van der Waals surface area (Å²) < 4.78 is 5.15. The van der Waals surface area contributed by atoms with Crippen LogP contribution in [0.2, 0.25) is 0 Å². The van der Waals surface area contributed by atoms with Gasteiger partial charge in [0.1, 0.15) is 12.3 Å². The number of ether oxygens (including phenoxy) is 1. The van der Waals surface area contributed by atoms with Gasteiger partial charge in [-0.3, -0.25) is 9.59 Å². The average Bonchev–Trinajstić information content (AvgIpc) is 3.47. The molecule has 4 amide bonds. The minimum absolute atomic E-state index is 0.0172. The lowest BCUT2D eigenvalue weighted by atomic mass is 10.2. The molecule has 9 nitrogen and oxygen atoms in total. The molecule has 3 aromatic rings. The molecule has 1 aromatic heterocycles. The van der Waals surface area contributed by atoms with Crippen LogP contribution < -0.4 is 20.3 Å². The summed E-state index contributed by atoms with van der Waals surface area (Å²) in [6.45, 7) is 6.39. The summed E-state index contributed by atoms with van der Waals surface area (Å²) in [7, 11) is 1.61. The minimum atomic E-state index is -0.243. The summed E-state index contributed by atoms with van der Waals surface area (Å²) in [5.74, 6) is 0.356. The van der Waals surface area contributed by atoms with Crippen molar-refractivity contribution in [1.82, 2.24) is 9.80 Å². The van der Waals surface area contributed by atoms with Crippen LogP contribution in [-0.2, 0) is 4.79 Å². The summed E-state index contributed by atoms with van der Waals surface area (Å²) in [6, 6.07) is 18.3. The molecule has 1 saturated heterocycles. The van der Waals surface area contributed by atoms with Crippen molar-refractivity contribution in [3.8, 4) is 5.75 Å². The molecule has 0 unspecified atom stereocenters. The van der Waals surface area contributed by atoms with Crippen molar-refractivity contribution in [1.29, 1.82) is 0 Å². The Hall–Kier alpha value is -4.05. The van der Waals surface area contributed by atoms with E-state index in [2.05, 4.69) is 15.5 Å². The van der Waals surface area contributed by atoms with E-state index in [4.69, 9.17) is 4.74 Å². The maximum Gasteiger partial charge on any atom is 0.321 e. The quantitative estimate of drug-likeness (QED) is 0.440. The number of anilines is 3. The molecule has 10 heteroatoms. The maximum atomic E-state index is 12.8. The molecule has 1 aliphatic heterocycles. The molecule has 0 spiro atoms. The number of nitrogens with zero attached hydrogens (tertiary/aromatic N) is 3. The van der Waals surface area contributed by atoms with Crippen LogP contribution in [0.3, 0.4) is 0 Å². The third kappa shape index (κ3) is 6.83. The summed E-state index contributed by atoms with van der Waals surface area (Å²) in [5, 5.41) is 7.67. The molecule has 2 heterocycles. The van der Waals surface area contributed by atoms with Gasteiger partial charge in [0.05, 0.1) is 12.0 Å². The first-order valence-corrected chi connectivity index (χ1v) is 13.4. The molecule has 1 fully saturated rings. The van der Waals surface area contributed by atoms with Crippen molar-refractivity contribution in [3.05, 3.63) is 70.9 Å². The molecule has 200 valence electrons. The third-order valence-corrected chi connectivity index (χ3v) is 7.21. The second-order valence-electron chi connectivity index (χ2n) is 9.23. The number of nitrogens with one attached hydrogen (secondary N) is 2. The van der Waals surface area contributed by atoms with Gasteiger partial charge in [-0.05, 0) is 73.8 Å². The maximum absolute atomic E-state index is 12.8. The fourth-order valence-corrected chi connectivity index (χ4v) is 4.87. The summed E-state index contributed by atoms with van der Waals surface area (Å²) in [4.78, 5) is 44.3. The number of carbonyl (C=O) groups excluding carboxylic acids is 3. The van der Waals surface area contributed by atoms with Crippen molar-refractivity contribution < 1.29 is 19.1 Å². The summed E-state index contributed by atoms with van der Waals surface area (Å²) in [5.41, 5.74) is 2.42. The van der Waals surface area contributed by atoms with Gasteiger partial charge in [-0.1, -0.05) is 6.07 Å². The average molecular weight is 536 g/mol. The molecule has 4 rings (SSSR count). The predicted octanol–water partition coefficient (Wildman–Crippen LogP) is 4.60. The molecule has 0 bridgehead atoms. The summed E-state index contributed by atoms with van der Waals surface area (Å²) in [6.07, 6.45) is 0. The Morgan fingerprint density at radius 2 is 1.55 bits per heavy atom. The fraction of sp³-hybridized carbons (Fsp3) is 0.321. The Bertz CT molecular complexity index is 1220. The second-order valence-corrected chi connectivity index (χ2v) is 10.2. The van der Waals surface area contributed by atoms with Gasteiger partial charge in [-0.15, -0.1) is 11.3 Å². The first-order chi connectivity index (χ1) is 18.3. The van der Waals surface area contributed by atoms with Crippen molar-refractivity contribution in [2.24, 2.45) is 0 Å². The monoisotopic (exact) mass is 535 g/mol. The Morgan fingerprint density at radius 1 is 0.921 bits per heavy atom. The molecule has 38 heavy (non-hydrogen) atoms. The van der Waals surface area contributed by atoms with Crippen LogP contribution in [0, 0.1) is 0 Å². The highest BCUT2D eigenvalue weighted by molar-refractivity contribution is 7.12. The van der Waals surface area contributed by atoms with Crippen molar-refractivity contribution in [3.63, 3.8) is 0 Å². The smallest absolute Gasteiger partial charge is 0.321 e. The highest BCUT2D eigenvalue weighted by atomic mass is 32.1. The Balaban J connectivity index is 1.26.